The number of nitrogens with one attached hydrogen (secondary N) is 2. The average molecular weight is 467 g/mol. The van der Waals surface area contributed by atoms with Gasteiger partial charge in [0.05, 0.1) is 13.2 Å². The summed E-state index contributed by atoms with van der Waals surface area (Å²) in [6.07, 6.45) is 0. The third-order valence-corrected chi connectivity index (χ3v) is 3.73. The lowest BCUT2D eigenvalue weighted by Gasteiger charge is -2.14. The smallest absolute Gasteiger partial charge is 0.191 e. The van der Waals surface area contributed by atoms with Gasteiger partial charge >= 0.3 is 0 Å². The predicted molar refractivity (Wildman–Crippen MR) is 120 cm³/mol. The van der Waals surface area contributed by atoms with Gasteiger partial charge < -0.3 is 15.4 Å². The van der Waals surface area contributed by atoms with Crippen molar-refractivity contribution in [3.05, 3.63) is 71.3 Å². The number of guanidine groups is 1. The Morgan fingerprint density at radius 2 is 1.58 bits per heavy atom. The Balaban J connectivity index is 0.00000338. The van der Waals surface area contributed by atoms with Gasteiger partial charge in [-0.25, -0.2) is 0 Å². The topological polar surface area (TPSA) is 45.7 Å². The Morgan fingerprint density at radius 1 is 0.923 bits per heavy atom. The monoisotopic (exact) mass is 467 g/mol. The highest BCUT2D eigenvalue weighted by atomic mass is 127. The number of aliphatic imine (C=N–C) groups is 1. The Hall–Kier alpha value is -1.60. The fraction of sp³-hybridized carbons (Fsp3) is 0.381. The number of benzene rings is 2. The molecular formula is C21H30IN3O. The van der Waals surface area contributed by atoms with E-state index in [9.17, 15) is 0 Å². The summed E-state index contributed by atoms with van der Waals surface area (Å²) in [5.41, 5.74) is 3.59. The second-order valence-electron chi connectivity index (χ2n) is 6.50. The Kier molecular flexibility index (Phi) is 11.0. The van der Waals surface area contributed by atoms with E-state index in [1.165, 1.54) is 16.7 Å². The van der Waals surface area contributed by atoms with Crippen LogP contribution >= 0.6 is 24.0 Å². The van der Waals surface area contributed by atoms with Crippen molar-refractivity contribution in [2.45, 2.75) is 33.6 Å². The van der Waals surface area contributed by atoms with E-state index in [-0.39, 0.29) is 24.0 Å². The van der Waals surface area contributed by atoms with Crippen LogP contribution in [0.5, 0.6) is 0 Å². The first-order chi connectivity index (χ1) is 12.2. The second-order valence-corrected chi connectivity index (χ2v) is 6.50. The van der Waals surface area contributed by atoms with Crippen molar-refractivity contribution in [1.29, 1.82) is 0 Å². The molecule has 4 nitrogen and oxygen atoms in total. The van der Waals surface area contributed by atoms with Crippen molar-refractivity contribution in [1.82, 2.24) is 10.6 Å². The molecule has 0 saturated heterocycles. The molecule has 0 unspecified atom stereocenters. The normalized spacial score (nSPS) is 11.2. The van der Waals surface area contributed by atoms with Gasteiger partial charge in [0.2, 0.25) is 0 Å². The van der Waals surface area contributed by atoms with Crippen LogP contribution in [0.4, 0.5) is 0 Å². The minimum Gasteiger partial charge on any atom is -0.372 e. The van der Waals surface area contributed by atoms with E-state index >= 15 is 0 Å². The summed E-state index contributed by atoms with van der Waals surface area (Å²) in [5.74, 6) is 1.42. The van der Waals surface area contributed by atoms with Crippen LogP contribution in [-0.4, -0.2) is 19.6 Å². The lowest BCUT2D eigenvalue weighted by Crippen LogP contribution is -2.38. The molecule has 0 heterocycles. The minimum absolute atomic E-state index is 0. The number of hydrogen-bond donors (Lipinski definition) is 2. The van der Waals surface area contributed by atoms with Gasteiger partial charge in [-0.3, -0.25) is 4.99 Å². The fourth-order valence-electron chi connectivity index (χ4n) is 2.40. The molecule has 0 aromatic heterocycles. The van der Waals surface area contributed by atoms with Gasteiger partial charge in [0.1, 0.15) is 0 Å². The van der Waals surface area contributed by atoms with E-state index in [1.54, 1.807) is 7.05 Å². The molecule has 0 fully saturated rings. The molecule has 0 aliphatic carbocycles. The van der Waals surface area contributed by atoms with Crippen LogP contribution in [0.25, 0.3) is 0 Å². The minimum atomic E-state index is 0. The molecule has 0 aliphatic rings. The molecule has 0 aliphatic heterocycles. The summed E-state index contributed by atoms with van der Waals surface area (Å²) < 4.78 is 5.82. The summed E-state index contributed by atoms with van der Waals surface area (Å²) in [5, 5.41) is 6.67. The maximum atomic E-state index is 5.82. The van der Waals surface area contributed by atoms with E-state index in [2.05, 4.69) is 65.9 Å². The molecular weight excluding hydrogens is 437 g/mol. The zero-order valence-corrected chi connectivity index (χ0v) is 18.2. The third kappa shape index (κ3) is 8.67. The zero-order chi connectivity index (χ0) is 17.9. The second kappa shape index (κ2) is 12.7. The Labute approximate surface area is 174 Å². The van der Waals surface area contributed by atoms with E-state index in [0.717, 1.165) is 19.0 Å². The first-order valence-electron chi connectivity index (χ1n) is 8.81. The molecule has 0 bridgehead atoms. The molecule has 0 saturated carbocycles. The molecule has 5 heteroatoms. The Bertz CT molecular complexity index is 659. The molecule has 0 spiro atoms. The molecule has 26 heavy (non-hydrogen) atoms. The van der Waals surface area contributed by atoms with Crippen molar-refractivity contribution in [3.63, 3.8) is 0 Å². The highest BCUT2D eigenvalue weighted by Crippen LogP contribution is 2.09. The van der Waals surface area contributed by atoms with Gasteiger partial charge in [0.25, 0.3) is 0 Å². The maximum absolute atomic E-state index is 5.82. The highest BCUT2D eigenvalue weighted by Gasteiger charge is 2.01. The SMILES string of the molecule is CN=C(NCc1cccc(COCc2ccccc2)c1)NCC(C)C.I. The molecule has 2 rings (SSSR count). The number of nitrogens with zero attached hydrogens (tertiary/aromatic N) is 1. The number of halogens is 1. The van der Waals surface area contributed by atoms with Crippen molar-refractivity contribution >= 4 is 29.9 Å². The van der Waals surface area contributed by atoms with E-state index in [0.29, 0.717) is 19.1 Å². The first-order valence-corrected chi connectivity index (χ1v) is 8.81. The number of rotatable bonds is 8. The standard InChI is InChI=1S/C21H29N3O.HI/c1-17(2)13-23-21(22-3)24-14-19-10-7-11-20(12-19)16-25-15-18-8-5-4-6-9-18;/h4-12,17H,13-16H2,1-3H3,(H2,22,23,24);1H. The molecule has 2 N–H and O–H groups in total. The van der Waals surface area contributed by atoms with Crippen molar-refractivity contribution in [3.8, 4) is 0 Å². The Morgan fingerprint density at radius 3 is 2.27 bits per heavy atom. The summed E-state index contributed by atoms with van der Waals surface area (Å²) in [6.45, 7) is 7.26. The summed E-state index contributed by atoms with van der Waals surface area (Å²) in [6, 6.07) is 18.7. The van der Waals surface area contributed by atoms with E-state index in [4.69, 9.17) is 4.74 Å². The van der Waals surface area contributed by atoms with Crippen molar-refractivity contribution in [2.75, 3.05) is 13.6 Å². The maximum Gasteiger partial charge on any atom is 0.191 e. The summed E-state index contributed by atoms with van der Waals surface area (Å²) >= 11 is 0. The van der Waals surface area contributed by atoms with Crippen LogP contribution in [0.3, 0.4) is 0 Å². The number of ether oxygens (including phenoxy) is 1. The average Bonchev–Trinajstić information content (AvgIpc) is 2.63. The van der Waals surface area contributed by atoms with Crippen LogP contribution in [-0.2, 0) is 24.5 Å². The molecule has 0 atom stereocenters. The highest BCUT2D eigenvalue weighted by molar-refractivity contribution is 14.0. The van der Waals surface area contributed by atoms with Gasteiger partial charge in [-0.1, -0.05) is 68.4 Å². The van der Waals surface area contributed by atoms with E-state index < -0.39 is 0 Å². The van der Waals surface area contributed by atoms with Gasteiger partial charge in [-0.15, -0.1) is 24.0 Å². The summed E-state index contributed by atoms with van der Waals surface area (Å²) in [7, 11) is 1.80. The quantitative estimate of drug-likeness (QED) is 0.345. The zero-order valence-electron chi connectivity index (χ0n) is 15.9. The molecule has 2 aromatic carbocycles. The largest absolute Gasteiger partial charge is 0.372 e. The molecule has 142 valence electrons. The lowest BCUT2D eigenvalue weighted by atomic mass is 10.1. The van der Waals surface area contributed by atoms with E-state index in [1.807, 2.05) is 18.2 Å². The lowest BCUT2D eigenvalue weighted by molar-refractivity contribution is 0.107. The summed E-state index contributed by atoms with van der Waals surface area (Å²) in [4.78, 5) is 4.25. The van der Waals surface area contributed by atoms with Crippen molar-refractivity contribution < 1.29 is 4.74 Å². The molecule has 0 radical (unpaired) electrons. The predicted octanol–water partition coefficient (Wildman–Crippen LogP) is 4.34. The van der Waals surface area contributed by atoms with Crippen LogP contribution in [0.15, 0.2) is 59.6 Å². The molecule has 2 aromatic rings. The first kappa shape index (κ1) is 22.4. The van der Waals surface area contributed by atoms with Crippen LogP contribution in [0, 0.1) is 5.92 Å². The van der Waals surface area contributed by atoms with Crippen LogP contribution < -0.4 is 10.6 Å². The van der Waals surface area contributed by atoms with Gasteiger partial charge in [0.15, 0.2) is 5.96 Å². The van der Waals surface area contributed by atoms with Gasteiger partial charge in [0, 0.05) is 20.1 Å². The van der Waals surface area contributed by atoms with Gasteiger partial charge in [-0.05, 0) is 22.6 Å². The fourth-order valence-corrected chi connectivity index (χ4v) is 2.40. The van der Waals surface area contributed by atoms with Crippen LogP contribution in [0.2, 0.25) is 0 Å². The van der Waals surface area contributed by atoms with Crippen LogP contribution in [0.1, 0.15) is 30.5 Å². The molecule has 0 amide bonds. The van der Waals surface area contributed by atoms with Crippen molar-refractivity contribution in [2.24, 2.45) is 10.9 Å². The number of hydrogen-bond acceptors (Lipinski definition) is 2. The van der Waals surface area contributed by atoms with Gasteiger partial charge in [-0.2, -0.15) is 0 Å². The third-order valence-electron chi connectivity index (χ3n) is 3.73.